The Bertz CT molecular complexity index is 810. The number of hydrogen-bond acceptors (Lipinski definition) is 3. The van der Waals surface area contributed by atoms with E-state index in [1.54, 1.807) is 36.4 Å². The van der Waals surface area contributed by atoms with Crippen LogP contribution in [0, 0.1) is 13.8 Å². The third kappa shape index (κ3) is 2.83. The molecule has 0 bridgehead atoms. The summed E-state index contributed by atoms with van der Waals surface area (Å²) in [5.74, 6) is 0.423. The van der Waals surface area contributed by atoms with E-state index in [2.05, 4.69) is 0 Å². The van der Waals surface area contributed by atoms with E-state index in [-0.39, 0.29) is 0 Å². The summed E-state index contributed by atoms with van der Waals surface area (Å²) in [6.07, 6.45) is 0. The van der Waals surface area contributed by atoms with E-state index in [1.165, 1.54) is 0 Å². The van der Waals surface area contributed by atoms with Crippen LogP contribution >= 0.6 is 7.28 Å². The zero-order valence-electron chi connectivity index (χ0n) is 13.8. The van der Waals surface area contributed by atoms with Crippen molar-refractivity contribution in [3.05, 3.63) is 90.0 Å². The minimum atomic E-state index is -4.83. The first kappa shape index (κ1) is 16.7. The van der Waals surface area contributed by atoms with Crippen LogP contribution in [0.1, 0.15) is 11.1 Å². The zero-order chi connectivity index (χ0) is 17.2. The Morgan fingerprint density at radius 3 is 1.50 bits per heavy atom. The van der Waals surface area contributed by atoms with Gasteiger partial charge in [0.15, 0.2) is 0 Å². The van der Waals surface area contributed by atoms with Gasteiger partial charge in [-0.1, -0.05) is 0 Å². The Morgan fingerprint density at radius 1 is 0.625 bits per heavy atom. The molecule has 0 heterocycles. The third-order valence-electron chi connectivity index (χ3n) is 4.12. The first-order valence-corrected chi connectivity index (χ1v) is 9.86. The van der Waals surface area contributed by atoms with E-state index in [0.29, 0.717) is 16.4 Å². The van der Waals surface area contributed by atoms with Crippen molar-refractivity contribution in [3.63, 3.8) is 0 Å². The van der Waals surface area contributed by atoms with Crippen LogP contribution in [0.5, 0.6) is 5.75 Å². The molecule has 24 heavy (non-hydrogen) atoms. The second-order valence-corrected chi connectivity index (χ2v) is 8.96. The predicted molar refractivity (Wildman–Crippen MR) is 100 cm³/mol. The molecule has 0 amide bonds. The number of aryl methyl sites for hydroxylation is 2. The van der Waals surface area contributed by atoms with Crippen LogP contribution in [0.25, 0.3) is 0 Å². The van der Waals surface area contributed by atoms with Gasteiger partial charge in [0, 0.05) is 0 Å². The summed E-state index contributed by atoms with van der Waals surface area (Å²) in [5.41, 5.74) is 1.55. The van der Waals surface area contributed by atoms with Gasteiger partial charge in [-0.25, -0.2) is 0 Å². The second kappa shape index (κ2) is 6.03. The molecule has 0 fully saturated rings. The van der Waals surface area contributed by atoms with Crippen LogP contribution in [0.3, 0.4) is 0 Å². The van der Waals surface area contributed by atoms with Crippen molar-refractivity contribution >= 4 is 17.9 Å². The number of benzene rings is 3. The quantitative estimate of drug-likeness (QED) is 0.713. The normalized spacial score (nSPS) is 13.1. The fourth-order valence-electron chi connectivity index (χ4n) is 2.94. The van der Waals surface area contributed by atoms with Gasteiger partial charge in [0.05, 0.1) is 0 Å². The Balaban J connectivity index is 2.29. The van der Waals surface area contributed by atoms with Gasteiger partial charge in [0.2, 0.25) is 0 Å². The Kier molecular flexibility index (Phi) is 4.18. The van der Waals surface area contributed by atoms with E-state index < -0.39 is 7.28 Å². The molecule has 3 aromatic carbocycles. The van der Waals surface area contributed by atoms with Crippen molar-refractivity contribution in [2.75, 3.05) is 0 Å². The molecule has 0 saturated carbocycles. The van der Waals surface area contributed by atoms with E-state index in [9.17, 15) is 9.79 Å². The molecule has 0 radical (unpaired) electrons. The van der Waals surface area contributed by atoms with E-state index in [4.69, 9.17) is 4.52 Å². The van der Waals surface area contributed by atoms with Gasteiger partial charge in [0.1, 0.15) is 0 Å². The van der Waals surface area contributed by atoms with Crippen molar-refractivity contribution in [1.82, 2.24) is 0 Å². The topological polar surface area (TPSA) is 49.7 Å². The van der Waals surface area contributed by atoms with Crippen LogP contribution in [-0.4, -0.2) is 9.79 Å². The SMILES string of the molecule is Cc1ccccc1P(O)(O)(Oc1ccccc1)c1ccccc1C. The Morgan fingerprint density at radius 2 is 1.04 bits per heavy atom. The molecule has 0 aliphatic rings. The summed E-state index contributed by atoms with van der Waals surface area (Å²) >= 11 is 0. The van der Waals surface area contributed by atoms with Crippen molar-refractivity contribution in [2.45, 2.75) is 13.8 Å². The third-order valence-corrected chi connectivity index (χ3v) is 7.42. The summed E-state index contributed by atoms with van der Waals surface area (Å²) in [4.78, 5) is 23.4. The van der Waals surface area contributed by atoms with Gasteiger partial charge in [-0.2, -0.15) is 0 Å². The fourth-order valence-corrected chi connectivity index (χ4v) is 6.05. The second-order valence-electron chi connectivity index (χ2n) is 5.92. The van der Waals surface area contributed by atoms with Crippen molar-refractivity contribution in [2.24, 2.45) is 0 Å². The fraction of sp³-hybridized carbons (Fsp3) is 0.100. The standard InChI is InChI=1S/C20H21O3P/c1-16-10-6-8-14-19(16)24(21,22,20-15-9-7-11-17(20)2)23-18-12-4-3-5-13-18/h3-15,21-22H,1-2H3. The molecule has 0 unspecified atom stereocenters. The molecule has 3 aromatic rings. The van der Waals surface area contributed by atoms with Crippen LogP contribution in [0.4, 0.5) is 0 Å². The average Bonchev–Trinajstić information content (AvgIpc) is 2.56. The number of rotatable bonds is 4. The van der Waals surface area contributed by atoms with Gasteiger partial charge in [-0.3, -0.25) is 0 Å². The molecule has 0 spiro atoms. The number of hydrogen-bond donors (Lipinski definition) is 2. The zero-order valence-corrected chi connectivity index (χ0v) is 14.6. The molecule has 0 aliphatic carbocycles. The molecule has 3 rings (SSSR count). The molecule has 0 atom stereocenters. The molecular weight excluding hydrogens is 319 g/mol. The molecule has 2 N–H and O–H groups in total. The van der Waals surface area contributed by atoms with Gasteiger partial charge >= 0.3 is 142 Å². The Labute approximate surface area is 142 Å². The molecule has 0 aromatic heterocycles. The van der Waals surface area contributed by atoms with Crippen LogP contribution in [-0.2, 0) is 0 Å². The van der Waals surface area contributed by atoms with E-state index >= 15 is 0 Å². The summed E-state index contributed by atoms with van der Waals surface area (Å²) < 4.78 is 5.96. The van der Waals surface area contributed by atoms with Crippen LogP contribution < -0.4 is 15.1 Å². The maximum absolute atomic E-state index is 11.7. The number of para-hydroxylation sites is 1. The first-order valence-electron chi connectivity index (χ1n) is 7.80. The molecule has 0 saturated heterocycles. The van der Waals surface area contributed by atoms with Gasteiger partial charge in [-0.15, -0.1) is 0 Å². The van der Waals surface area contributed by atoms with Crippen molar-refractivity contribution < 1.29 is 14.3 Å². The predicted octanol–water partition coefficient (Wildman–Crippen LogP) is 3.62. The van der Waals surface area contributed by atoms with Crippen molar-refractivity contribution in [1.29, 1.82) is 0 Å². The summed E-state index contributed by atoms with van der Waals surface area (Å²) in [6.45, 7) is 3.71. The maximum atomic E-state index is 11.7. The summed E-state index contributed by atoms with van der Waals surface area (Å²) in [7, 11) is -4.83. The Hall–Kier alpha value is -2.19. The molecule has 0 aliphatic heterocycles. The minimum absolute atomic E-state index is 0.418. The average molecular weight is 340 g/mol. The monoisotopic (exact) mass is 340 g/mol. The molecule has 124 valence electrons. The first-order chi connectivity index (χ1) is 11.4. The summed E-state index contributed by atoms with van der Waals surface area (Å²) in [5, 5.41) is 0.836. The van der Waals surface area contributed by atoms with E-state index in [0.717, 1.165) is 11.1 Å². The molecular formula is C20H21O3P. The summed E-state index contributed by atoms with van der Waals surface area (Å²) in [6, 6.07) is 23.4. The molecule has 3 nitrogen and oxygen atoms in total. The van der Waals surface area contributed by atoms with Gasteiger partial charge in [0.25, 0.3) is 0 Å². The molecule has 4 heteroatoms. The van der Waals surface area contributed by atoms with Gasteiger partial charge < -0.3 is 0 Å². The van der Waals surface area contributed by atoms with E-state index in [1.807, 2.05) is 56.3 Å². The van der Waals surface area contributed by atoms with Gasteiger partial charge in [-0.05, 0) is 0 Å². The van der Waals surface area contributed by atoms with Crippen LogP contribution in [0.2, 0.25) is 0 Å². The van der Waals surface area contributed by atoms with Crippen molar-refractivity contribution in [3.8, 4) is 5.75 Å². The van der Waals surface area contributed by atoms with Crippen LogP contribution in [0.15, 0.2) is 78.9 Å².